The number of hydrogen-bond acceptors (Lipinski definition) is 4. The van der Waals surface area contributed by atoms with Crippen LogP contribution in [0.2, 0.25) is 0 Å². The molecule has 0 radical (unpaired) electrons. The van der Waals surface area contributed by atoms with Crippen LogP contribution in [-0.2, 0) is 11.3 Å². The van der Waals surface area contributed by atoms with Crippen LogP contribution >= 0.6 is 15.9 Å². The van der Waals surface area contributed by atoms with Gasteiger partial charge in [0.15, 0.2) is 6.61 Å². The maximum Gasteiger partial charge on any atom is 0.341 e. The van der Waals surface area contributed by atoms with E-state index in [4.69, 9.17) is 9.84 Å². The highest BCUT2D eigenvalue weighted by Gasteiger charge is 2.04. The van der Waals surface area contributed by atoms with Gasteiger partial charge >= 0.3 is 12.0 Å². The average molecular weight is 420 g/mol. The molecule has 0 atom stereocenters. The summed E-state index contributed by atoms with van der Waals surface area (Å²) in [6.45, 7) is 1.89. The molecule has 0 aliphatic carbocycles. The van der Waals surface area contributed by atoms with Gasteiger partial charge in [-0.25, -0.2) is 15.0 Å². The molecule has 8 heteroatoms. The number of ether oxygens (including phenoxy) is 1. The summed E-state index contributed by atoms with van der Waals surface area (Å²) >= 11 is 3.43. The topological polar surface area (TPSA) is 100 Å². The van der Waals surface area contributed by atoms with Crippen molar-refractivity contribution < 1.29 is 19.4 Å². The molecule has 3 N–H and O–H groups in total. The summed E-state index contributed by atoms with van der Waals surface area (Å²) in [4.78, 5) is 22.4. The molecule has 2 aromatic rings. The van der Waals surface area contributed by atoms with Crippen LogP contribution in [0, 0.1) is 6.92 Å². The number of rotatable bonds is 7. The Kier molecular flexibility index (Phi) is 7.16. The number of carbonyl (C=O) groups excluding carboxylic acids is 1. The number of hydrogen-bond donors (Lipinski definition) is 3. The third-order valence-corrected chi connectivity index (χ3v) is 4.21. The minimum Gasteiger partial charge on any atom is -0.481 e. The standard InChI is InChI=1S/C18H18BrN3O4/c1-12-8-13(6-7-15(12)19)9-20-18(25)22-21-10-14-4-2-3-5-16(14)26-11-17(23)24/h2-8,10H,9,11H2,1H3,(H,23,24)(H2,20,22,25)/b21-10+. The minimum atomic E-state index is -1.07. The van der Waals surface area contributed by atoms with E-state index in [-0.39, 0.29) is 0 Å². The second-order valence-electron chi connectivity index (χ2n) is 5.36. The van der Waals surface area contributed by atoms with Crippen LogP contribution in [0.15, 0.2) is 52.0 Å². The minimum absolute atomic E-state index is 0.367. The van der Waals surface area contributed by atoms with Crippen molar-refractivity contribution in [3.8, 4) is 5.75 Å². The fourth-order valence-electron chi connectivity index (χ4n) is 2.06. The molecule has 26 heavy (non-hydrogen) atoms. The molecule has 7 nitrogen and oxygen atoms in total. The molecular weight excluding hydrogens is 402 g/mol. The van der Waals surface area contributed by atoms with Gasteiger partial charge in [0.1, 0.15) is 5.75 Å². The zero-order valence-corrected chi connectivity index (χ0v) is 15.6. The molecule has 0 heterocycles. The molecule has 2 rings (SSSR count). The maximum absolute atomic E-state index is 11.8. The van der Waals surface area contributed by atoms with Crippen molar-refractivity contribution in [3.63, 3.8) is 0 Å². The highest BCUT2D eigenvalue weighted by molar-refractivity contribution is 9.10. The summed E-state index contributed by atoms with van der Waals surface area (Å²) in [5.74, 6) is -0.705. The lowest BCUT2D eigenvalue weighted by Crippen LogP contribution is -2.31. The van der Waals surface area contributed by atoms with Crippen LogP contribution in [0.5, 0.6) is 5.75 Å². The Morgan fingerprint density at radius 1 is 1.27 bits per heavy atom. The van der Waals surface area contributed by atoms with E-state index in [2.05, 4.69) is 31.8 Å². The SMILES string of the molecule is Cc1cc(CNC(=O)N/N=C/c2ccccc2OCC(=O)O)ccc1Br. The van der Waals surface area contributed by atoms with Crippen LogP contribution in [0.25, 0.3) is 0 Å². The summed E-state index contributed by atoms with van der Waals surface area (Å²) in [6.07, 6.45) is 1.39. The van der Waals surface area contributed by atoms with Crippen LogP contribution in [-0.4, -0.2) is 29.9 Å². The first-order valence-corrected chi connectivity index (χ1v) is 8.50. The van der Waals surface area contributed by atoms with Gasteiger partial charge in [0.05, 0.1) is 6.21 Å². The number of urea groups is 1. The molecule has 0 bridgehead atoms. The number of benzene rings is 2. The van der Waals surface area contributed by atoms with Gasteiger partial charge < -0.3 is 15.2 Å². The van der Waals surface area contributed by atoms with E-state index in [0.29, 0.717) is 17.9 Å². The normalized spacial score (nSPS) is 10.5. The fourth-order valence-corrected chi connectivity index (χ4v) is 2.30. The quantitative estimate of drug-likeness (QED) is 0.474. The number of halogens is 1. The third-order valence-electron chi connectivity index (χ3n) is 3.32. The van der Waals surface area contributed by atoms with E-state index in [0.717, 1.165) is 15.6 Å². The Labute approximate surface area is 159 Å². The molecule has 0 aromatic heterocycles. The van der Waals surface area contributed by atoms with Gasteiger partial charge in [-0.2, -0.15) is 5.10 Å². The van der Waals surface area contributed by atoms with E-state index in [1.165, 1.54) is 6.21 Å². The molecule has 2 amide bonds. The molecule has 0 saturated carbocycles. The highest BCUT2D eigenvalue weighted by atomic mass is 79.9. The van der Waals surface area contributed by atoms with Gasteiger partial charge in [0.2, 0.25) is 0 Å². The van der Waals surface area contributed by atoms with Crippen LogP contribution < -0.4 is 15.5 Å². The summed E-state index contributed by atoms with van der Waals surface area (Å²) in [6, 6.07) is 12.2. The number of carboxylic acid groups (broad SMARTS) is 1. The third kappa shape index (κ3) is 6.21. The summed E-state index contributed by atoms with van der Waals surface area (Å²) < 4.78 is 6.17. The summed E-state index contributed by atoms with van der Waals surface area (Å²) in [5, 5.41) is 15.2. The summed E-state index contributed by atoms with van der Waals surface area (Å²) in [7, 11) is 0. The number of para-hydroxylation sites is 1. The summed E-state index contributed by atoms with van der Waals surface area (Å²) in [5.41, 5.74) is 4.96. The first kappa shape index (κ1) is 19.5. The lowest BCUT2D eigenvalue weighted by molar-refractivity contribution is -0.139. The van der Waals surface area contributed by atoms with E-state index >= 15 is 0 Å². The van der Waals surface area contributed by atoms with Crippen molar-refractivity contribution in [2.24, 2.45) is 5.10 Å². The molecule has 0 aliphatic rings. The largest absolute Gasteiger partial charge is 0.481 e. The van der Waals surface area contributed by atoms with Crippen LogP contribution in [0.4, 0.5) is 4.79 Å². The molecule has 0 unspecified atom stereocenters. The van der Waals surface area contributed by atoms with Gasteiger partial charge in [0, 0.05) is 16.6 Å². The van der Waals surface area contributed by atoms with E-state index < -0.39 is 18.6 Å². The number of hydrazone groups is 1. The Bertz CT molecular complexity index is 824. The Hall–Kier alpha value is -2.87. The molecule has 0 fully saturated rings. The number of carbonyl (C=O) groups is 2. The maximum atomic E-state index is 11.8. The monoisotopic (exact) mass is 419 g/mol. The number of nitrogens with one attached hydrogen (secondary N) is 2. The Morgan fingerprint density at radius 3 is 2.77 bits per heavy atom. The van der Waals surface area contributed by atoms with Crippen molar-refractivity contribution in [1.29, 1.82) is 0 Å². The average Bonchev–Trinajstić information content (AvgIpc) is 2.62. The van der Waals surface area contributed by atoms with Crippen molar-refractivity contribution >= 4 is 34.1 Å². The van der Waals surface area contributed by atoms with Crippen LogP contribution in [0.3, 0.4) is 0 Å². The first-order chi connectivity index (χ1) is 12.5. The number of nitrogens with zero attached hydrogens (tertiary/aromatic N) is 1. The van der Waals surface area contributed by atoms with E-state index in [1.807, 2.05) is 25.1 Å². The first-order valence-electron chi connectivity index (χ1n) is 7.71. The predicted molar refractivity (Wildman–Crippen MR) is 101 cm³/mol. The number of aryl methyl sites for hydroxylation is 1. The van der Waals surface area contributed by atoms with Crippen molar-refractivity contribution in [1.82, 2.24) is 10.7 Å². The van der Waals surface area contributed by atoms with E-state index in [9.17, 15) is 9.59 Å². The fraction of sp³-hybridized carbons (Fsp3) is 0.167. The second kappa shape index (κ2) is 9.57. The van der Waals surface area contributed by atoms with Crippen molar-refractivity contribution in [3.05, 3.63) is 63.6 Å². The molecular formula is C18H18BrN3O4. The van der Waals surface area contributed by atoms with Gasteiger partial charge in [-0.15, -0.1) is 0 Å². The van der Waals surface area contributed by atoms with Gasteiger partial charge in [0.25, 0.3) is 0 Å². The smallest absolute Gasteiger partial charge is 0.341 e. The number of aliphatic carboxylic acids is 1. The van der Waals surface area contributed by atoms with Gasteiger partial charge in [-0.1, -0.05) is 40.2 Å². The van der Waals surface area contributed by atoms with Crippen LogP contribution in [0.1, 0.15) is 16.7 Å². The van der Waals surface area contributed by atoms with Crippen molar-refractivity contribution in [2.45, 2.75) is 13.5 Å². The molecule has 0 aliphatic heterocycles. The predicted octanol–water partition coefficient (Wildman–Crippen LogP) is 3.05. The lowest BCUT2D eigenvalue weighted by Gasteiger charge is -2.07. The zero-order chi connectivity index (χ0) is 18.9. The second-order valence-corrected chi connectivity index (χ2v) is 6.21. The number of carboxylic acids is 1. The lowest BCUT2D eigenvalue weighted by atomic mass is 10.1. The zero-order valence-electron chi connectivity index (χ0n) is 14.0. The molecule has 0 spiro atoms. The molecule has 0 saturated heterocycles. The van der Waals surface area contributed by atoms with Gasteiger partial charge in [-0.05, 0) is 36.2 Å². The Balaban J connectivity index is 1.86. The Morgan fingerprint density at radius 2 is 2.04 bits per heavy atom. The van der Waals surface area contributed by atoms with E-state index in [1.54, 1.807) is 24.3 Å². The molecule has 2 aromatic carbocycles. The molecule has 136 valence electrons. The van der Waals surface area contributed by atoms with Gasteiger partial charge in [-0.3, -0.25) is 0 Å². The highest BCUT2D eigenvalue weighted by Crippen LogP contribution is 2.17. The number of amides is 2. The van der Waals surface area contributed by atoms with Crippen molar-refractivity contribution in [2.75, 3.05) is 6.61 Å².